The molecular formula is C12H12ClN3O2S. The van der Waals surface area contributed by atoms with E-state index in [1.54, 1.807) is 6.07 Å². The summed E-state index contributed by atoms with van der Waals surface area (Å²) in [6.45, 7) is 2.73. The molecule has 0 aliphatic heterocycles. The molecule has 0 fully saturated rings. The van der Waals surface area contributed by atoms with E-state index in [1.807, 2.05) is 12.3 Å². The highest BCUT2D eigenvalue weighted by Gasteiger charge is 2.15. The van der Waals surface area contributed by atoms with E-state index in [9.17, 15) is 10.1 Å². The van der Waals surface area contributed by atoms with Gasteiger partial charge in [0, 0.05) is 12.6 Å². The van der Waals surface area contributed by atoms with Gasteiger partial charge in [-0.15, -0.1) is 11.3 Å². The summed E-state index contributed by atoms with van der Waals surface area (Å²) in [5.74, 6) is 0.496. The number of halogens is 1. The van der Waals surface area contributed by atoms with Crippen LogP contribution in [0.4, 0.5) is 11.5 Å². The maximum atomic E-state index is 11.0. The van der Waals surface area contributed by atoms with Gasteiger partial charge >= 0.3 is 0 Å². The van der Waals surface area contributed by atoms with Crippen molar-refractivity contribution in [1.29, 1.82) is 0 Å². The van der Waals surface area contributed by atoms with Crippen molar-refractivity contribution in [1.82, 2.24) is 4.98 Å². The molecular weight excluding hydrogens is 286 g/mol. The Balaban J connectivity index is 2.45. The van der Waals surface area contributed by atoms with E-state index in [4.69, 9.17) is 11.6 Å². The number of nitro groups is 1. The molecule has 7 heteroatoms. The maximum absolute atomic E-state index is 11.0. The molecule has 2 aromatic heterocycles. The molecule has 0 amide bonds. The lowest BCUT2D eigenvalue weighted by molar-refractivity contribution is -0.384. The standard InChI is InChI=1S/C12H12ClN3O2S/c1-2-4-14-11-7-8(16(17)18)6-10(15-11)12-9(13)3-5-19-12/h3,5-7H,2,4H2,1H3,(H,14,15). The van der Waals surface area contributed by atoms with Gasteiger partial charge in [-0.25, -0.2) is 4.98 Å². The minimum Gasteiger partial charge on any atom is -0.370 e. The number of rotatable bonds is 5. The van der Waals surface area contributed by atoms with E-state index in [1.165, 1.54) is 23.5 Å². The number of anilines is 1. The average molecular weight is 298 g/mol. The van der Waals surface area contributed by atoms with Crippen LogP contribution in [-0.4, -0.2) is 16.5 Å². The highest BCUT2D eigenvalue weighted by molar-refractivity contribution is 7.14. The Morgan fingerprint density at radius 3 is 2.89 bits per heavy atom. The second-order valence-electron chi connectivity index (χ2n) is 3.88. The molecule has 5 nitrogen and oxygen atoms in total. The number of nitrogens with one attached hydrogen (secondary N) is 1. The van der Waals surface area contributed by atoms with Crippen LogP contribution in [0.5, 0.6) is 0 Å². The average Bonchev–Trinajstić information content (AvgIpc) is 2.82. The van der Waals surface area contributed by atoms with Crippen LogP contribution in [0.2, 0.25) is 5.02 Å². The van der Waals surface area contributed by atoms with Crippen LogP contribution in [0.3, 0.4) is 0 Å². The van der Waals surface area contributed by atoms with Crippen LogP contribution in [0, 0.1) is 10.1 Å². The van der Waals surface area contributed by atoms with Crippen LogP contribution in [-0.2, 0) is 0 Å². The van der Waals surface area contributed by atoms with Crippen molar-refractivity contribution >= 4 is 34.4 Å². The number of hydrogen-bond donors (Lipinski definition) is 1. The summed E-state index contributed by atoms with van der Waals surface area (Å²) in [4.78, 5) is 15.6. The van der Waals surface area contributed by atoms with E-state index in [0.717, 1.165) is 11.3 Å². The molecule has 0 unspecified atom stereocenters. The number of nitrogens with zero attached hydrogens (tertiary/aromatic N) is 2. The monoisotopic (exact) mass is 297 g/mol. The van der Waals surface area contributed by atoms with E-state index in [0.29, 0.717) is 23.1 Å². The van der Waals surface area contributed by atoms with E-state index < -0.39 is 4.92 Å². The van der Waals surface area contributed by atoms with Crippen molar-refractivity contribution in [3.8, 4) is 10.6 Å². The summed E-state index contributed by atoms with van der Waals surface area (Å²) in [5, 5.41) is 16.4. The first-order chi connectivity index (χ1) is 9.11. The summed E-state index contributed by atoms with van der Waals surface area (Å²) in [6.07, 6.45) is 0.916. The van der Waals surface area contributed by atoms with Gasteiger partial charge in [0.15, 0.2) is 0 Å². The summed E-state index contributed by atoms with van der Waals surface area (Å²) in [5.41, 5.74) is 0.529. The molecule has 0 aliphatic carbocycles. The lowest BCUT2D eigenvalue weighted by atomic mass is 10.2. The van der Waals surface area contributed by atoms with Crippen LogP contribution in [0.25, 0.3) is 10.6 Å². The van der Waals surface area contributed by atoms with Crippen molar-refractivity contribution in [2.75, 3.05) is 11.9 Å². The summed E-state index contributed by atoms with van der Waals surface area (Å²) >= 11 is 7.45. The molecule has 0 spiro atoms. The van der Waals surface area contributed by atoms with Gasteiger partial charge in [0.25, 0.3) is 5.69 Å². The van der Waals surface area contributed by atoms with Crippen molar-refractivity contribution < 1.29 is 4.92 Å². The molecule has 0 atom stereocenters. The lowest BCUT2D eigenvalue weighted by Crippen LogP contribution is -2.03. The smallest absolute Gasteiger partial charge is 0.275 e. The van der Waals surface area contributed by atoms with Crippen LogP contribution in [0.1, 0.15) is 13.3 Å². The van der Waals surface area contributed by atoms with Gasteiger partial charge in [-0.2, -0.15) is 0 Å². The number of aromatic nitrogens is 1. The minimum atomic E-state index is -0.427. The molecule has 0 bridgehead atoms. The molecule has 19 heavy (non-hydrogen) atoms. The number of pyridine rings is 1. The second-order valence-corrected chi connectivity index (χ2v) is 5.20. The molecule has 0 aromatic carbocycles. The van der Waals surface area contributed by atoms with Crippen LogP contribution >= 0.6 is 22.9 Å². The minimum absolute atomic E-state index is 0.00747. The predicted octanol–water partition coefficient (Wildman–Crippen LogP) is 4.19. The SMILES string of the molecule is CCCNc1cc([N+](=O)[O-])cc(-c2sccc2Cl)n1. The molecule has 2 heterocycles. The Kier molecular flexibility index (Phi) is 4.34. The largest absolute Gasteiger partial charge is 0.370 e. The van der Waals surface area contributed by atoms with Crippen molar-refractivity contribution in [3.63, 3.8) is 0 Å². The lowest BCUT2D eigenvalue weighted by Gasteiger charge is -2.06. The molecule has 2 rings (SSSR count). The van der Waals surface area contributed by atoms with E-state index >= 15 is 0 Å². The number of thiophene rings is 1. The fourth-order valence-electron chi connectivity index (χ4n) is 1.56. The highest BCUT2D eigenvalue weighted by atomic mass is 35.5. The van der Waals surface area contributed by atoms with Gasteiger partial charge < -0.3 is 5.32 Å². The first kappa shape index (κ1) is 13.8. The molecule has 0 radical (unpaired) electrons. The fraction of sp³-hybridized carbons (Fsp3) is 0.250. The van der Waals surface area contributed by atoms with Crippen molar-refractivity contribution in [3.05, 3.63) is 38.7 Å². The Bertz CT molecular complexity index is 600. The zero-order valence-corrected chi connectivity index (χ0v) is 11.8. The van der Waals surface area contributed by atoms with Gasteiger partial charge in [0.05, 0.1) is 26.6 Å². The van der Waals surface area contributed by atoms with Gasteiger partial charge in [-0.05, 0) is 17.9 Å². The van der Waals surface area contributed by atoms with Gasteiger partial charge in [-0.3, -0.25) is 10.1 Å². The molecule has 0 saturated carbocycles. The zero-order valence-electron chi connectivity index (χ0n) is 10.2. The van der Waals surface area contributed by atoms with Gasteiger partial charge in [-0.1, -0.05) is 18.5 Å². The maximum Gasteiger partial charge on any atom is 0.275 e. The molecule has 1 N–H and O–H groups in total. The third-order valence-corrected chi connectivity index (χ3v) is 3.79. The Morgan fingerprint density at radius 1 is 1.53 bits per heavy atom. The Hall–Kier alpha value is -1.66. The predicted molar refractivity (Wildman–Crippen MR) is 78.0 cm³/mol. The highest BCUT2D eigenvalue weighted by Crippen LogP contribution is 2.34. The topological polar surface area (TPSA) is 68.1 Å². The van der Waals surface area contributed by atoms with Gasteiger partial charge in [0.1, 0.15) is 5.82 Å². The Morgan fingerprint density at radius 2 is 2.32 bits per heavy atom. The second kappa shape index (κ2) is 5.99. The van der Waals surface area contributed by atoms with E-state index in [-0.39, 0.29) is 5.69 Å². The van der Waals surface area contributed by atoms with Crippen molar-refractivity contribution in [2.24, 2.45) is 0 Å². The molecule has 0 saturated heterocycles. The summed E-state index contributed by atoms with van der Waals surface area (Å²) < 4.78 is 0. The first-order valence-electron chi connectivity index (χ1n) is 5.75. The van der Waals surface area contributed by atoms with Crippen molar-refractivity contribution in [2.45, 2.75) is 13.3 Å². The molecule has 0 aliphatic rings. The third kappa shape index (κ3) is 3.21. The van der Waals surface area contributed by atoms with Gasteiger partial charge in [0.2, 0.25) is 0 Å². The zero-order chi connectivity index (χ0) is 13.8. The Labute approximate surface area is 119 Å². The van der Waals surface area contributed by atoms with Crippen LogP contribution in [0.15, 0.2) is 23.6 Å². The van der Waals surface area contributed by atoms with E-state index in [2.05, 4.69) is 10.3 Å². The first-order valence-corrected chi connectivity index (χ1v) is 7.01. The summed E-state index contributed by atoms with van der Waals surface area (Å²) in [6, 6.07) is 4.62. The quantitative estimate of drug-likeness (QED) is 0.663. The number of hydrogen-bond acceptors (Lipinski definition) is 5. The normalized spacial score (nSPS) is 10.4. The fourth-order valence-corrected chi connectivity index (χ4v) is 2.67. The summed E-state index contributed by atoms with van der Waals surface area (Å²) in [7, 11) is 0. The molecule has 2 aromatic rings. The molecule has 100 valence electrons. The third-order valence-electron chi connectivity index (χ3n) is 2.43. The van der Waals surface area contributed by atoms with Crippen LogP contribution < -0.4 is 5.32 Å².